The van der Waals surface area contributed by atoms with Crippen molar-refractivity contribution in [2.75, 3.05) is 6.54 Å². The highest BCUT2D eigenvalue weighted by atomic mass is 16.5. The zero-order valence-corrected chi connectivity index (χ0v) is 11.8. The fourth-order valence-corrected chi connectivity index (χ4v) is 1.87. The molecule has 19 heavy (non-hydrogen) atoms. The van der Waals surface area contributed by atoms with E-state index in [1.165, 1.54) is 5.56 Å². The molecule has 0 saturated carbocycles. The summed E-state index contributed by atoms with van der Waals surface area (Å²) in [5.74, 6) is 1.30. The maximum Gasteiger partial charge on any atom is 0.243 e. The number of rotatable bonds is 6. The SMILES string of the molecule is CCCNC(C)c1nc(-c2ccc(CC)cc2)no1. The molecule has 1 heterocycles. The van der Waals surface area contributed by atoms with Crippen molar-refractivity contribution in [3.8, 4) is 11.4 Å². The van der Waals surface area contributed by atoms with Gasteiger partial charge in [0, 0.05) is 5.56 Å². The van der Waals surface area contributed by atoms with E-state index in [2.05, 4.69) is 41.4 Å². The van der Waals surface area contributed by atoms with Gasteiger partial charge in [-0.1, -0.05) is 43.3 Å². The van der Waals surface area contributed by atoms with Crippen LogP contribution in [0.2, 0.25) is 0 Å². The largest absolute Gasteiger partial charge is 0.337 e. The molecule has 0 spiro atoms. The molecule has 0 fully saturated rings. The summed E-state index contributed by atoms with van der Waals surface area (Å²) in [6.07, 6.45) is 2.12. The van der Waals surface area contributed by atoms with Crippen LogP contribution in [0, 0.1) is 0 Å². The van der Waals surface area contributed by atoms with E-state index in [0.717, 1.165) is 24.9 Å². The van der Waals surface area contributed by atoms with Crippen molar-refractivity contribution in [2.24, 2.45) is 0 Å². The van der Waals surface area contributed by atoms with Crippen molar-refractivity contribution in [3.05, 3.63) is 35.7 Å². The Balaban J connectivity index is 2.11. The lowest BCUT2D eigenvalue weighted by atomic mass is 10.1. The predicted molar refractivity (Wildman–Crippen MR) is 75.8 cm³/mol. The lowest BCUT2D eigenvalue weighted by Crippen LogP contribution is -2.19. The molecule has 2 rings (SSSR count). The molecule has 4 heteroatoms. The minimum absolute atomic E-state index is 0.0936. The van der Waals surface area contributed by atoms with Gasteiger partial charge in [0.05, 0.1) is 6.04 Å². The molecule has 4 nitrogen and oxygen atoms in total. The van der Waals surface area contributed by atoms with E-state index in [9.17, 15) is 0 Å². The monoisotopic (exact) mass is 259 g/mol. The Morgan fingerprint density at radius 2 is 1.95 bits per heavy atom. The Labute approximate surface area is 114 Å². The number of hydrogen-bond acceptors (Lipinski definition) is 4. The fraction of sp³-hybridized carbons (Fsp3) is 0.467. The number of aromatic nitrogens is 2. The summed E-state index contributed by atoms with van der Waals surface area (Å²) in [7, 11) is 0. The standard InChI is InChI=1S/C15H21N3O/c1-4-10-16-11(3)15-17-14(18-19-15)13-8-6-12(5-2)7-9-13/h6-9,11,16H,4-5,10H2,1-3H3. The minimum Gasteiger partial charge on any atom is -0.337 e. The maximum atomic E-state index is 5.31. The summed E-state index contributed by atoms with van der Waals surface area (Å²) < 4.78 is 5.31. The molecule has 0 saturated heterocycles. The molecule has 1 aromatic carbocycles. The number of nitrogens with one attached hydrogen (secondary N) is 1. The molecule has 1 aromatic heterocycles. The predicted octanol–water partition coefficient (Wildman–Crippen LogP) is 3.36. The van der Waals surface area contributed by atoms with E-state index in [4.69, 9.17) is 4.52 Å². The number of nitrogens with zero attached hydrogens (tertiary/aromatic N) is 2. The van der Waals surface area contributed by atoms with Gasteiger partial charge >= 0.3 is 0 Å². The summed E-state index contributed by atoms with van der Waals surface area (Å²) in [4.78, 5) is 4.45. The molecule has 0 aliphatic heterocycles. The van der Waals surface area contributed by atoms with E-state index < -0.39 is 0 Å². The minimum atomic E-state index is 0.0936. The second-order valence-corrected chi connectivity index (χ2v) is 4.68. The van der Waals surface area contributed by atoms with Gasteiger partial charge in [-0.3, -0.25) is 0 Å². The lowest BCUT2D eigenvalue weighted by Gasteiger charge is -2.06. The van der Waals surface area contributed by atoms with Gasteiger partial charge in [0.1, 0.15) is 0 Å². The number of benzene rings is 1. The third kappa shape index (κ3) is 3.41. The Hall–Kier alpha value is -1.68. The van der Waals surface area contributed by atoms with Gasteiger partial charge in [-0.15, -0.1) is 0 Å². The van der Waals surface area contributed by atoms with Crippen molar-refractivity contribution in [1.82, 2.24) is 15.5 Å². The zero-order chi connectivity index (χ0) is 13.7. The molecule has 0 radical (unpaired) electrons. The maximum absolute atomic E-state index is 5.31. The Morgan fingerprint density at radius 3 is 2.58 bits per heavy atom. The summed E-state index contributed by atoms with van der Waals surface area (Å²) >= 11 is 0. The highest BCUT2D eigenvalue weighted by molar-refractivity contribution is 5.54. The van der Waals surface area contributed by atoms with Crippen LogP contribution in [0.5, 0.6) is 0 Å². The highest BCUT2D eigenvalue weighted by Gasteiger charge is 2.14. The Kier molecular flexibility index (Phi) is 4.68. The lowest BCUT2D eigenvalue weighted by molar-refractivity contribution is 0.340. The molecule has 1 unspecified atom stereocenters. The van der Waals surface area contributed by atoms with Crippen LogP contribution in [0.3, 0.4) is 0 Å². The highest BCUT2D eigenvalue weighted by Crippen LogP contribution is 2.19. The van der Waals surface area contributed by atoms with E-state index in [1.807, 2.05) is 19.1 Å². The van der Waals surface area contributed by atoms with Crippen molar-refractivity contribution in [2.45, 2.75) is 39.7 Å². The quantitative estimate of drug-likeness (QED) is 0.864. The summed E-state index contributed by atoms with van der Waals surface area (Å²) in [5.41, 5.74) is 2.31. The fourth-order valence-electron chi connectivity index (χ4n) is 1.87. The van der Waals surface area contributed by atoms with E-state index in [-0.39, 0.29) is 6.04 Å². The van der Waals surface area contributed by atoms with Crippen molar-refractivity contribution >= 4 is 0 Å². The second-order valence-electron chi connectivity index (χ2n) is 4.68. The van der Waals surface area contributed by atoms with E-state index in [1.54, 1.807) is 0 Å². The first-order valence-corrected chi connectivity index (χ1v) is 6.90. The summed E-state index contributed by atoms with van der Waals surface area (Å²) in [5, 5.41) is 7.38. The number of aryl methyl sites for hydroxylation is 1. The molecule has 1 N–H and O–H groups in total. The molecule has 0 aliphatic rings. The zero-order valence-electron chi connectivity index (χ0n) is 11.8. The molecule has 102 valence electrons. The summed E-state index contributed by atoms with van der Waals surface area (Å²) in [6, 6.07) is 8.37. The van der Waals surface area contributed by atoms with Gasteiger partial charge in [0.2, 0.25) is 11.7 Å². The average molecular weight is 259 g/mol. The molecule has 0 bridgehead atoms. The van der Waals surface area contributed by atoms with Crippen molar-refractivity contribution in [3.63, 3.8) is 0 Å². The molecule has 0 aliphatic carbocycles. The molecular weight excluding hydrogens is 238 g/mol. The van der Waals surface area contributed by atoms with Gasteiger partial charge in [-0.25, -0.2) is 0 Å². The van der Waals surface area contributed by atoms with Crippen LogP contribution in [-0.2, 0) is 6.42 Å². The second kappa shape index (κ2) is 6.48. The van der Waals surface area contributed by atoms with Crippen LogP contribution in [0.15, 0.2) is 28.8 Å². The van der Waals surface area contributed by atoms with E-state index >= 15 is 0 Å². The molecule has 1 atom stereocenters. The van der Waals surface area contributed by atoms with Crippen LogP contribution in [-0.4, -0.2) is 16.7 Å². The van der Waals surface area contributed by atoms with Gasteiger partial charge < -0.3 is 9.84 Å². The van der Waals surface area contributed by atoms with Crippen LogP contribution >= 0.6 is 0 Å². The average Bonchev–Trinajstić information content (AvgIpc) is 2.94. The Bertz CT molecular complexity index is 504. The first kappa shape index (κ1) is 13.7. The molecule has 0 amide bonds. The normalized spacial score (nSPS) is 12.6. The molecular formula is C15H21N3O. The van der Waals surface area contributed by atoms with E-state index in [0.29, 0.717) is 11.7 Å². The molecule has 2 aromatic rings. The third-order valence-corrected chi connectivity index (χ3v) is 3.13. The van der Waals surface area contributed by atoms with Crippen LogP contribution < -0.4 is 5.32 Å². The Morgan fingerprint density at radius 1 is 1.21 bits per heavy atom. The van der Waals surface area contributed by atoms with Gasteiger partial charge in [-0.05, 0) is 31.9 Å². The summed E-state index contributed by atoms with van der Waals surface area (Å²) in [6.45, 7) is 7.26. The van der Waals surface area contributed by atoms with Crippen LogP contribution in [0.1, 0.15) is 44.7 Å². The first-order valence-electron chi connectivity index (χ1n) is 6.90. The van der Waals surface area contributed by atoms with Crippen LogP contribution in [0.25, 0.3) is 11.4 Å². The van der Waals surface area contributed by atoms with Gasteiger partial charge in [-0.2, -0.15) is 4.98 Å². The van der Waals surface area contributed by atoms with Crippen molar-refractivity contribution in [1.29, 1.82) is 0 Å². The smallest absolute Gasteiger partial charge is 0.243 e. The first-order chi connectivity index (χ1) is 9.24. The van der Waals surface area contributed by atoms with Gasteiger partial charge in [0.15, 0.2) is 0 Å². The number of hydrogen-bond donors (Lipinski definition) is 1. The van der Waals surface area contributed by atoms with Crippen LogP contribution in [0.4, 0.5) is 0 Å². The third-order valence-electron chi connectivity index (χ3n) is 3.13. The topological polar surface area (TPSA) is 51.0 Å². The van der Waals surface area contributed by atoms with Crippen molar-refractivity contribution < 1.29 is 4.52 Å². The van der Waals surface area contributed by atoms with Gasteiger partial charge in [0.25, 0.3) is 0 Å².